The Kier molecular flexibility index (Phi) is 9.78. The van der Waals surface area contributed by atoms with Crippen molar-refractivity contribution in [3.63, 3.8) is 0 Å². The van der Waals surface area contributed by atoms with E-state index in [2.05, 4.69) is 108 Å². The lowest BCUT2D eigenvalue weighted by atomic mass is 9.72. The molecule has 0 aliphatic carbocycles. The van der Waals surface area contributed by atoms with Gasteiger partial charge in [-0.3, -0.25) is 4.57 Å². The second-order valence-corrected chi connectivity index (χ2v) is 9.46. The number of nitrogens with zero attached hydrogens (tertiary/aromatic N) is 2. The highest BCUT2D eigenvalue weighted by Crippen LogP contribution is 2.43. The number of rotatable bonds is 4. The molecule has 1 heterocycles. The van der Waals surface area contributed by atoms with Gasteiger partial charge in [0.25, 0.3) is 0 Å². The number of hydrogen-bond donors (Lipinski definition) is 0. The SMILES string of the molecule is CC.Cc1cc(C)c(-n2ccnc2-c2ccccc2C(C)(C)C(C)(C)Cl)c(C)c1.FCl. The number of aryl methyl sites for hydroxylation is 3. The van der Waals surface area contributed by atoms with Gasteiger partial charge in [-0.05, 0) is 51.3 Å². The normalized spacial score (nSPS) is 11.2. The molecule has 3 rings (SSSR count). The fourth-order valence-electron chi connectivity index (χ4n) is 3.78. The van der Waals surface area contributed by atoms with Crippen molar-refractivity contribution in [3.8, 4) is 17.1 Å². The molecule has 0 saturated heterocycles. The Labute approximate surface area is 197 Å². The van der Waals surface area contributed by atoms with Crippen LogP contribution in [0.2, 0.25) is 0 Å². The lowest BCUT2D eigenvalue weighted by molar-refractivity contribution is 0.404. The molecule has 3 aromatic rings. The summed E-state index contributed by atoms with van der Waals surface area (Å²) in [6.45, 7) is 19.0. The smallest absolute Gasteiger partial charge is 0.144 e. The van der Waals surface area contributed by atoms with E-state index in [0.29, 0.717) is 0 Å². The number of benzene rings is 2. The van der Waals surface area contributed by atoms with Crippen LogP contribution in [0.1, 0.15) is 63.8 Å². The molecule has 0 saturated carbocycles. The van der Waals surface area contributed by atoms with E-state index in [4.69, 9.17) is 20.6 Å². The van der Waals surface area contributed by atoms with Crippen LogP contribution in [0, 0.1) is 20.8 Å². The molecular formula is C26H35Cl2FN2. The molecule has 0 atom stereocenters. The van der Waals surface area contributed by atoms with Crippen molar-refractivity contribution in [2.45, 2.75) is 72.6 Å². The van der Waals surface area contributed by atoms with Crippen LogP contribution in [0.5, 0.6) is 0 Å². The second kappa shape index (κ2) is 11.2. The zero-order chi connectivity index (χ0) is 24.0. The highest BCUT2D eigenvalue weighted by atomic mass is 35.5. The first-order chi connectivity index (χ1) is 14.5. The summed E-state index contributed by atoms with van der Waals surface area (Å²) in [5.41, 5.74) is 7.09. The highest BCUT2D eigenvalue weighted by Gasteiger charge is 2.38. The van der Waals surface area contributed by atoms with Crippen LogP contribution in [0.4, 0.5) is 3.98 Å². The van der Waals surface area contributed by atoms with Crippen LogP contribution in [0.3, 0.4) is 0 Å². The molecular weight excluding hydrogens is 430 g/mol. The Morgan fingerprint density at radius 3 is 1.94 bits per heavy atom. The molecule has 0 fully saturated rings. The van der Waals surface area contributed by atoms with Gasteiger partial charge in [0.2, 0.25) is 0 Å². The molecule has 31 heavy (non-hydrogen) atoms. The Morgan fingerprint density at radius 1 is 0.903 bits per heavy atom. The average Bonchev–Trinajstić information content (AvgIpc) is 3.18. The summed E-state index contributed by atoms with van der Waals surface area (Å²) in [4.78, 5) is 4.35. The Bertz CT molecular complexity index is 962. The molecule has 0 radical (unpaired) electrons. The van der Waals surface area contributed by atoms with E-state index in [-0.39, 0.29) is 5.41 Å². The van der Waals surface area contributed by atoms with Gasteiger partial charge in [-0.15, -0.1) is 15.6 Å². The van der Waals surface area contributed by atoms with E-state index in [1.807, 2.05) is 20.0 Å². The summed E-state index contributed by atoms with van der Waals surface area (Å²) in [5.74, 6) is 0.953. The maximum Gasteiger partial charge on any atom is 0.144 e. The van der Waals surface area contributed by atoms with Gasteiger partial charge in [0.1, 0.15) is 17.8 Å². The molecule has 0 spiro atoms. The van der Waals surface area contributed by atoms with Crippen LogP contribution in [0.25, 0.3) is 17.1 Å². The van der Waals surface area contributed by atoms with Crippen LogP contribution in [-0.4, -0.2) is 14.4 Å². The zero-order valence-corrected chi connectivity index (χ0v) is 21.7. The van der Waals surface area contributed by atoms with Gasteiger partial charge < -0.3 is 0 Å². The third kappa shape index (κ3) is 5.70. The number of hydrogen-bond acceptors (Lipinski definition) is 1. The Hall–Kier alpha value is -1.84. The minimum Gasteiger partial charge on any atom is -0.299 e. The maximum absolute atomic E-state index is 8.97. The van der Waals surface area contributed by atoms with Gasteiger partial charge in [-0.25, -0.2) is 4.98 Å². The molecule has 0 bridgehead atoms. The topological polar surface area (TPSA) is 17.8 Å². The number of imidazole rings is 1. The molecule has 5 heteroatoms. The van der Waals surface area contributed by atoms with Crippen LogP contribution in [-0.2, 0) is 5.41 Å². The standard InChI is InChI=1S/C24H29ClN2.C2H6.ClF/c1-16-14-17(2)21(18(3)15-16)27-13-12-26-22(27)19-10-8-9-11-20(19)23(4,5)24(6,7)25;2*1-2/h8-15H,1-7H3;1-2H3;. The highest BCUT2D eigenvalue weighted by molar-refractivity contribution is 6.24. The second-order valence-electron chi connectivity index (χ2n) is 8.51. The van der Waals surface area contributed by atoms with Crippen molar-refractivity contribution in [2.24, 2.45) is 0 Å². The zero-order valence-electron chi connectivity index (χ0n) is 20.1. The minimum absolute atomic E-state index is 0.223. The molecule has 1 aromatic heterocycles. The van der Waals surface area contributed by atoms with Crippen LogP contribution < -0.4 is 0 Å². The summed E-state index contributed by atoms with van der Waals surface area (Å²) < 4.78 is 11.2. The summed E-state index contributed by atoms with van der Waals surface area (Å²) in [6, 6.07) is 12.9. The monoisotopic (exact) mass is 464 g/mol. The molecule has 0 amide bonds. The summed E-state index contributed by atoms with van der Waals surface area (Å²) in [7, 11) is 0. The first-order valence-corrected chi connectivity index (χ1v) is 11.2. The van der Waals surface area contributed by atoms with Crippen molar-refractivity contribution in [1.82, 2.24) is 9.55 Å². The van der Waals surface area contributed by atoms with E-state index < -0.39 is 4.87 Å². The maximum atomic E-state index is 8.97. The van der Waals surface area contributed by atoms with Crippen molar-refractivity contribution < 1.29 is 3.98 Å². The van der Waals surface area contributed by atoms with E-state index in [1.54, 1.807) is 0 Å². The van der Waals surface area contributed by atoms with Gasteiger partial charge in [0.15, 0.2) is 0 Å². The van der Waals surface area contributed by atoms with Crippen molar-refractivity contribution in [2.75, 3.05) is 0 Å². The Balaban J connectivity index is 0.00000113. The molecule has 0 aliphatic heterocycles. The Morgan fingerprint density at radius 2 is 1.42 bits per heavy atom. The third-order valence-electron chi connectivity index (χ3n) is 5.84. The van der Waals surface area contributed by atoms with Gasteiger partial charge in [0.05, 0.1) is 5.69 Å². The van der Waals surface area contributed by atoms with E-state index in [1.165, 1.54) is 27.9 Å². The molecule has 0 aliphatic rings. The van der Waals surface area contributed by atoms with Crippen molar-refractivity contribution >= 4 is 23.6 Å². The quantitative estimate of drug-likeness (QED) is 0.352. The largest absolute Gasteiger partial charge is 0.299 e. The summed E-state index contributed by atoms with van der Waals surface area (Å²) in [5, 5.41) is 0. The average molecular weight is 465 g/mol. The molecule has 2 aromatic carbocycles. The number of alkyl halides is 1. The van der Waals surface area contributed by atoms with Gasteiger partial charge >= 0.3 is 0 Å². The summed E-state index contributed by atoms with van der Waals surface area (Å²) in [6.07, 6.45) is 3.93. The van der Waals surface area contributed by atoms with Gasteiger partial charge in [0, 0.05) is 28.2 Å². The molecule has 170 valence electrons. The van der Waals surface area contributed by atoms with Crippen LogP contribution in [0.15, 0.2) is 48.8 Å². The fourth-order valence-corrected chi connectivity index (χ4v) is 3.88. The lowest BCUT2D eigenvalue weighted by Crippen LogP contribution is -2.38. The van der Waals surface area contributed by atoms with E-state index in [9.17, 15) is 0 Å². The van der Waals surface area contributed by atoms with Crippen LogP contribution >= 0.6 is 23.6 Å². The number of aromatic nitrogens is 2. The first kappa shape index (κ1) is 27.2. The molecule has 2 nitrogen and oxygen atoms in total. The van der Waals surface area contributed by atoms with Gasteiger partial charge in [-0.2, -0.15) is 0 Å². The molecule has 0 N–H and O–H groups in total. The lowest BCUT2D eigenvalue weighted by Gasteiger charge is -2.38. The number of halogens is 3. The van der Waals surface area contributed by atoms with Gasteiger partial charge in [-0.1, -0.05) is 69.7 Å². The molecule has 0 unspecified atom stereocenters. The fraction of sp³-hybridized carbons (Fsp3) is 0.423. The predicted octanol–water partition coefficient (Wildman–Crippen LogP) is 8.90. The minimum atomic E-state index is -0.393. The summed E-state index contributed by atoms with van der Waals surface area (Å²) >= 11 is 9.93. The first-order valence-electron chi connectivity index (χ1n) is 10.6. The van der Waals surface area contributed by atoms with Crippen molar-refractivity contribution in [1.29, 1.82) is 0 Å². The van der Waals surface area contributed by atoms with E-state index >= 15 is 0 Å². The van der Waals surface area contributed by atoms with Crippen molar-refractivity contribution in [3.05, 3.63) is 71.0 Å². The predicted molar refractivity (Wildman–Crippen MR) is 134 cm³/mol. The third-order valence-corrected chi connectivity index (χ3v) is 6.32. The van der Waals surface area contributed by atoms with E-state index in [0.717, 1.165) is 11.4 Å².